The quantitative estimate of drug-likeness (QED) is 0.800. The van der Waals surface area contributed by atoms with E-state index >= 15 is 0 Å². The number of nitrogens with zero attached hydrogens (tertiary/aromatic N) is 2. The van der Waals surface area contributed by atoms with Gasteiger partial charge in [-0.3, -0.25) is 0 Å². The smallest absolute Gasteiger partial charge is 0.101 e. The van der Waals surface area contributed by atoms with Crippen LogP contribution in [0.2, 0.25) is 5.02 Å². The van der Waals surface area contributed by atoms with Crippen molar-refractivity contribution in [2.24, 2.45) is 5.92 Å². The third-order valence-electron chi connectivity index (χ3n) is 3.06. The maximum Gasteiger partial charge on any atom is 0.101 e. The molecule has 0 aliphatic carbocycles. The average molecular weight is 237 g/mol. The molecular weight excluding hydrogens is 220 g/mol. The molecule has 16 heavy (non-hydrogen) atoms. The summed E-state index contributed by atoms with van der Waals surface area (Å²) in [4.78, 5) is 2.18. The van der Waals surface area contributed by atoms with E-state index in [0.717, 1.165) is 5.69 Å². The number of hydrogen-bond acceptors (Lipinski definition) is 2. The first-order valence-electron chi connectivity index (χ1n) is 5.40. The van der Waals surface area contributed by atoms with Crippen LogP contribution in [0.5, 0.6) is 0 Å². The molecule has 2 nitrogen and oxygen atoms in total. The lowest BCUT2D eigenvalue weighted by Crippen LogP contribution is -2.33. The second-order valence-corrected chi connectivity index (χ2v) is 4.78. The minimum Gasteiger partial charge on any atom is -0.372 e. The van der Waals surface area contributed by atoms with Crippen molar-refractivity contribution in [1.82, 2.24) is 0 Å². The Kier molecular flexibility index (Phi) is 4.20. The van der Waals surface area contributed by atoms with Crippen molar-refractivity contribution in [2.45, 2.75) is 26.8 Å². The fourth-order valence-corrected chi connectivity index (χ4v) is 1.71. The molecule has 0 aliphatic heterocycles. The summed E-state index contributed by atoms with van der Waals surface area (Å²) in [6.45, 7) is 6.55. The Morgan fingerprint density at radius 3 is 2.38 bits per heavy atom. The van der Waals surface area contributed by atoms with Gasteiger partial charge in [0.05, 0.1) is 10.6 Å². The molecule has 1 rings (SSSR count). The van der Waals surface area contributed by atoms with Crippen molar-refractivity contribution in [3.05, 3.63) is 28.8 Å². The van der Waals surface area contributed by atoms with Gasteiger partial charge in [-0.1, -0.05) is 25.4 Å². The van der Waals surface area contributed by atoms with Crippen LogP contribution >= 0.6 is 11.6 Å². The van der Waals surface area contributed by atoms with Gasteiger partial charge in [-0.2, -0.15) is 5.26 Å². The molecule has 0 amide bonds. The van der Waals surface area contributed by atoms with Crippen LogP contribution in [0.15, 0.2) is 18.2 Å². The third-order valence-corrected chi connectivity index (χ3v) is 3.37. The molecule has 0 bridgehead atoms. The summed E-state index contributed by atoms with van der Waals surface area (Å²) in [6.07, 6.45) is 0. The number of rotatable bonds is 3. The number of hydrogen-bond donors (Lipinski definition) is 0. The van der Waals surface area contributed by atoms with Gasteiger partial charge in [0.1, 0.15) is 6.07 Å². The molecule has 0 unspecified atom stereocenters. The van der Waals surface area contributed by atoms with Crippen molar-refractivity contribution in [3.63, 3.8) is 0 Å². The lowest BCUT2D eigenvalue weighted by molar-refractivity contribution is 0.505. The molecule has 0 saturated carbocycles. The van der Waals surface area contributed by atoms with Crippen molar-refractivity contribution >= 4 is 17.3 Å². The minimum absolute atomic E-state index is 0.434. The summed E-state index contributed by atoms with van der Waals surface area (Å²) >= 11 is 6.01. The standard InChI is InChI=1S/C13H17ClN2/c1-9(2)10(3)16(4)12-6-5-11(8-15)13(14)7-12/h5-7,9-10H,1-4H3/t10-/m1/s1. The van der Waals surface area contributed by atoms with E-state index in [1.54, 1.807) is 6.07 Å². The molecule has 1 aromatic carbocycles. The Morgan fingerprint density at radius 2 is 1.94 bits per heavy atom. The summed E-state index contributed by atoms with van der Waals surface area (Å²) in [7, 11) is 2.04. The second kappa shape index (κ2) is 5.23. The van der Waals surface area contributed by atoms with Crippen LogP contribution < -0.4 is 4.90 Å². The highest BCUT2D eigenvalue weighted by Crippen LogP contribution is 2.25. The number of halogens is 1. The van der Waals surface area contributed by atoms with E-state index in [1.165, 1.54) is 0 Å². The predicted molar refractivity (Wildman–Crippen MR) is 68.9 cm³/mol. The Balaban J connectivity index is 2.98. The monoisotopic (exact) mass is 236 g/mol. The summed E-state index contributed by atoms with van der Waals surface area (Å²) in [6, 6.07) is 8.04. The second-order valence-electron chi connectivity index (χ2n) is 4.37. The first kappa shape index (κ1) is 12.9. The molecule has 0 heterocycles. The van der Waals surface area contributed by atoms with Gasteiger partial charge in [-0.15, -0.1) is 0 Å². The van der Waals surface area contributed by atoms with Gasteiger partial charge in [-0.05, 0) is 31.0 Å². The Hall–Kier alpha value is -1.20. The van der Waals surface area contributed by atoms with Gasteiger partial charge in [0.25, 0.3) is 0 Å². The Morgan fingerprint density at radius 1 is 1.31 bits per heavy atom. The lowest BCUT2D eigenvalue weighted by atomic mass is 10.0. The van der Waals surface area contributed by atoms with E-state index in [1.807, 2.05) is 19.2 Å². The molecule has 0 saturated heterocycles. The summed E-state index contributed by atoms with van der Waals surface area (Å²) in [5, 5.41) is 9.31. The highest BCUT2D eigenvalue weighted by atomic mass is 35.5. The van der Waals surface area contributed by atoms with Crippen molar-refractivity contribution < 1.29 is 0 Å². The molecule has 0 radical (unpaired) electrons. The van der Waals surface area contributed by atoms with E-state index < -0.39 is 0 Å². The third kappa shape index (κ3) is 2.68. The predicted octanol–water partition coefficient (Wildman–Crippen LogP) is 3.69. The Bertz CT molecular complexity index is 407. The van der Waals surface area contributed by atoms with E-state index in [0.29, 0.717) is 22.5 Å². The maximum atomic E-state index is 8.80. The molecule has 1 atom stereocenters. The van der Waals surface area contributed by atoms with Gasteiger partial charge in [0.15, 0.2) is 0 Å². The maximum absolute atomic E-state index is 8.80. The van der Waals surface area contributed by atoms with Crippen LogP contribution in [-0.4, -0.2) is 13.1 Å². The lowest BCUT2D eigenvalue weighted by Gasteiger charge is -2.30. The number of benzene rings is 1. The summed E-state index contributed by atoms with van der Waals surface area (Å²) in [5.41, 5.74) is 1.57. The van der Waals surface area contributed by atoms with Gasteiger partial charge in [0, 0.05) is 18.8 Å². The molecular formula is C13H17ClN2. The molecule has 1 aromatic rings. The molecule has 0 aromatic heterocycles. The largest absolute Gasteiger partial charge is 0.372 e. The van der Waals surface area contributed by atoms with Crippen LogP contribution in [0.3, 0.4) is 0 Å². The number of nitriles is 1. The minimum atomic E-state index is 0.434. The molecule has 3 heteroatoms. The van der Waals surface area contributed by atoms with Crippen molar-refractivity contribution in [2.75, 3.05) is 11.9 Å². The molecule has 0 aliphatic rings. The van der Waals surface area contributed by atoms with E-state index in [-0.39, 0.29) is 0 Å². The first-order chi connectivity index (χ1) is 7.47. The number of anilines is 1. The molecule has 86 valence electrons. The highest BCUT2D eigenvalue weighted by Gasteiger charge is 2.14. The van der Waals surface area contributed by atoms with Crippen LogP contribution in [0, 0.1) is 17.2 Å². The topological polar surface area (TPSA) is 27.0 Å². The van der Waals surface area contributed by atoms with Gasteiger partial charge >= 0.3 is 0 Å². The average Bonchev–Trinajstić information content (AvgIpc) is 2.26. The van der Waals surface area contributed by atoms with E-state index in [2.05, 4.69) is 31.7 Å². The summed E-state index contributed by atoms with van der Waals surface area (Å²) < 4.78 is 0. The fourth-order valence-electron chi connectivity index (χ4n) is 1.50. The van der Waals surface area contributed by atoms with Gasteiger partial charge in [0.2, 0.25) is 0 Å². The van der Waals surface area contributed by atoms with E-state index in [4.69, 9.17) is 16.9 Å². The Labute approximate surface area is 102 Å². The first-order valence-corrected chi connectivity index (χ1v) is 5.77. The van der Waals surface area contributed by atoms with Crippen LogP contribution in [0.25, 0.3) is 0 Å². The molecule has 0 spiro atoms. The zero-order valence-corrected chi connectivity index (χ0v) is 10.9. The van der Waals surface area contributed by atoms with Gasteiger partial charge in [-0.25, -0.2) is 0 Å². The van der Waals surface area contributed by atoms with Crippen molar-refractivity contribution in [3.8, 4) is 6.07 Å². The normalized spacial score (nSPS) is 12.3. The fraction of sp³-hybridized carbons (Fsp3) is 0.462. The van der Waals surface area contributed by atoms with Crippen LogP contribution in [-0.2, 0) is 0 Å². The zero-order chi connectivity index (χ0) is 12.3. The summed E-state index contributed by atoms with van der Waals surface area (Å²) in [5.74, 6) is 0.569. The van der Waals surface area contributed by atoms with Crippen LogP contribution in [0.1, 0.15) is 26.3 Å². The SMILES string of the molecule is CC(C)[C@@H](C)N(C)c1ccc(C#N)c(Cl)c1. The molecule has 0 N–H and O–H groups in total. The van der Waals surface area contributed by atoms with Crippen molar-refractivity contribution in [1.29, 1.82) is 5.26 Å². The van der Waals surface area contributed by atoms with Gasteiger partial charge < -0.3 is 4.90 Å². The highest BCUT2D eigenvalue weighted by molar-refractivity contribution is 6.32. The van der Waals surface area contributed by atoms with E-state index in [9.17, 15) is 0 Å². The zero-order valence-electron chi connectivity index (χ0n) is 10.2. The molecule has 0 fully saturated rings. The van der Waals surface area contributed by atoms with Crippen LogP contribution in [0.4, 0.5) is 5.69 Å².